The second-order valence-corrected chi connectivity index (χ2v) is 4.56. The Morgan fingerprint density at radius 3 is 2.95 bits per heavy atom. The van der Waals surface area contributed by atoms with Crippen LogP contribution in [-0.2, 0) is 0 Å². The number of carbonyl (C=O) groups is 1. The van der Waals surface area contributed by atoms with Crippen molar-refractivity contribution in [2.24, 2.45) is 0 Å². The summed E-state index contributed by atoms with van der Waals surface area (Å²) >= 11 is 0. The lowest BCUT2D eigenvalue weighted by molar-refractivity contribution is -0.385. The van der Waals surface area contributed by atoms with Crippen molar-refractivity contribution in [2.75, 3.05) is 6.54 Å². The number of benzene rings is 1. The van der Waals surface area contributed by atoms with Gasteiger partial charge in [0.15, 0.2) is 0 Å². The van der Waals surface area contributed by atoms with Crippen LogP contribution < -0.4 is 0 Å². The molecule has 1 aliphatic heterocycles. The maximum absolute atomic E-state index is 12.4. The van der Waals surface area contributed by atoms with Gasteiger partial charge in [-0.15, -0.1) is 0 Å². The van der Waals surface area contributed by atoms with Gasteiger partial charge in [0.25, 0.3) is 11.6 Å². The van der Waals surface area contributed by atoms with Gasteiger partial charge in [0.05, 0.1) is 11.0 Å². The first kappa shape index (κ1) is 13.0. The van der Waals surface area contributed by atoms with E-state index in [9.17, 15) is 14.9 Å². The van der Waals surface area contributed by atoms with Crippen molar-refractivity contribution in [1.82, 2.24) is 4.90 Å². The smallest absolute Gasteiger partial charge is 0.282 e. The number of amides is 1. The van der Waals surface area contributed by atoms with Crippen LogP contribution in [0.5, 0.6) is 0 Å². The number of hydrogen-bond donors (Lipinski definition) is 0. The summed E-state index contributed by atoms with van der Waals surface area (Å²) < 4.78 is 0. The van der Waals surface area contributed by atoms with Gasteiger partial charge < -0.3 is 4.90 Å². The maximum Gasteiger partial charge on any atom is 0.282 e. The van der Waals surface area contributed by atoms with Crippen LogP contribution in [0, 0.1) is 28.4 Å². The topological polar surface area (TPSA) is 87.2 Å². The zero-order valence-corrected chi connectivity index (χ0v) is 10.5. The highest BCUT2D eigenvalue weighted by molar-refractivity contribution is 5.98. The van der Waals surface area contributed by atoms with Gasteiger partial charge in [-0.3, -0.25) is 14.9 Å². The number of rotatable bonds is 2. The number of hydrogen-bond acceptors (Lipinski definition) is 4. The van der Waals surface area contributed by atoms with Crippen molar-refractivity contribution < 1.29 is 9.72 Å². The van der Waals surface area contributed by atoms with E-state index in [-0.39, 0.29) is 11.3 Å². The molecule has 1 amide bonds. The minimum Gasteiger partial charge on any atom is -0.322 e. The fourth-order valence-corrected chi connectivity index (χ4v) is 2.28. The molecule has 0 bridgehead atoms. The first-order valence-corrected chi connectivity index (χ1v) is 6.00. The first-order valence-electron chi connectivity index (χ1n) is 6.00. The summed E-state index contributed by atoms with van der Waals surface area (Å²) in [6, 6.07) is 6.02. The van der Waals surface area contributed by atoms with Crippen LogP contribution >= 0.6 is 0 Å². The van der Waals surface area contributed by atoms with Crippen LogP contribution in [0.1, 0.15) is 28.8 Å². The lowest BCUT2D eigenvalue weighted by Crippen LogP contribution is -2.35. The Bertz CT molecular complexity index is 577. The van der Waals surface area contributed by atoms with Crippen LogP contribution in [0.25, 0.3) is 0 Å². The summed E-state index contributed by atoms with van der Waals surface area (Å²) in [6.45, 7) is 2.24. The van der Waals surface area contributed by atoms with Crippen molar-refractivity contribution in [3.8, 4) is 6.07 Å². The van der Waals surface area contributed by atoms with Gasteiger partial charge >= 0.3 is 0 Å². The number of nitro groups is 1. The zero-order chi connectivity index (χ0) is 14.0. The Morgan fingerprint density at radius 1 is 1.58 bits per heavy atom. The summed E-state index contributed by atoms with van der Waals surface area (Å²) in [7, 11) is 0. The number of nitrogens with zero attached hydrogens (tertiary/aromatic N) is 3. The summed E-state index contributed by atoms with van der Waals surface area (Å²) in [5, 5.41) is 20.0. The Morgan fingerprint density at radius 2 is 2.32 bits per heavy atom. The summed E-state index contributed by atoms with van der Waals surface area (Å²) in [4.78, 5) is 24.2. The summed E-state index contributed by atoms with van der Waals surface area (Å²) in [5.74, 6) is -0.431. The molecule has 0 saturated carbocycles. The second kappa shape index (κ2) is 5.06. The van der Waals surface area contributed by atoms with E-state index in [1.807, 2.05) is 0 Å². The van der Waals surface area contributed by atoms with E-state index in [0.717, 1.165) is 12.0 Å². The third kappa shape index (κ3) is 2.40. The zero-order valence-electron chi connectivity index (χ0n) is 10.5. The van der Waals surface area contributed by atoms with Gasteiger partial charge in [0.2, 0.25) is 0 Å². The molecule has 0 aromatic heterocycles. The molecular formula is C13H13N3O3. The van der Waals surface area contributed by atoms with Crippen molar-refractivity contribution in [3.63, 3.8) is 0 Å². The van der Waals surface area contributed by atoms with Crippen LogP contribution in [0.2, 0.25) is 0 Å². The summed E-state index contributed by atoms with van der Waals surface area (Å²) in [5.41, 5.74) is 0.632. The van der Waals surface area contributed by atoms with Crippen molar-refractivity contribution >= 4 is 11.6 Å². The number of nitro benzene ring substituents is 1. The lowest BCUT2D eigenvalue weighted by atomic mass is 10.1. The van der Waals surface area contributed by atoms with Crippen LogP contribution in [0.3, 0.4) is 0 Å². The third-order valence-corrected chi connectivity index (χ3v) is 3.24. The highest BCUT2D eigenvalue weighted by Crippen LogP contribution is 2.25. The molecule has 1 aliphatic rings. The molecular weight excluding hydrogens is 246 g/mol. The van der Waals surface area contributed by atoms with Crippen molar-refractivity contribution in [2.45, 2.75) is 25.8 Å². The minimum atomic E-state index is -0.565. The second-order valence-electron chi connectivity index (χ2n) is 4.56. The molecule has 19 heavy (non-hydrogen) atoms. The Balaban J connectivity index is 2.41. The Kier molecular flexibility index (Phi) is 3.47. The molecule has 0 radical (unpaired) electrons. The largest absolute Gasteiger partial charge is 0.322 e. The van der Waals surface area contributed by atoms with E-state index in [4.69, 9.17) is 5.26 Å². The fourth-order valence-electron chi connectivity index (χ4n) is 2.28. The molecule has 0 aliphatic carbocycles. The van der Waals surface area contributed by atoms with E-state index < -0.39 is 16.9 Å². The molecule has 1 atom stereocenters. The SMILES string of the molecule is Cc1ccc([N+](=O)[O-])c(C(=O)N2CCCC2C#N)c1. The normalized spacial score (nSPS) is 18.1. The van der Waals surface area contributed by atoms with Gasteiger partial charge in [-0.05, 0) is 31.4 Å². The van der Waals surface area contributed by atoms with Crippen molar-refractivity contribution in [1.29, 1.82) is 5.26 Å². The maximum atomic E-state index is 12.4. The number of nitriles is 1. The molecule has 0 spiro atoms. The lowest BCUT2D eigenvalue weighted by Gasteiger charge is -2.19. The van der Waals surface area contributed by atoms with E-state index in [2.05, 4.69) is 6.07 Å². The molecule has 1 unspecified atom stereocenters. The quantitative estimate of drug-likeness (QED) is 0.600. The third-order valence-electron chi connectivity index (χ3n) is 3.24. The van der Waals surface area contributed by atoms with Crippen LogP contribution in [0.4, 0.5) is 5.69 Å². The van der Waals surface area contributed by atoms with Crippen molar-refractivity contribution in [3.05, 3.63) is 39.4 Å². The Labute approximate surface area is 110 Å². The molecule has 0 N–H and O–H groups in total. The monoisotopic (exact) mass is 259 g/mol. The summed E-state index contributed by atoms with van der Waals surface area (Å²) in [6.07, 6.45) is 1.38. The van der Waals surface area contributed by atoms with Gasteiger partial charge in [-0.2, -0.15) is 5.26 Å². The predicted molar refractivity (Wildman–Crippen MR) is 67.5 cm³/mol. The van der Waals surface area contributed by atoms with Crippen LogP contribution in [0.15, 0.2) is 18.2 Å². The molecule has 1 heterocycles. The number of aryl methyl sites for hydroxylation is 1. The van der Waals surface area contributed by atoms with Gasteiger partial charge in [-0.25, -0.2) is 0 Å². The highest BCUT2D eigenvalue weighted by atomic mass is 16.6. The minimum absolute atomic E-state index is 0.0622. The molecule has 6 nitrogen and oxygen atoms in total. The first-order chi connectivity index (χ1) is 9.04. The molecule has 1 aromatic carbocycles. The van der Waals surface area contributed by atoms with Gasteiger partial charge in [0, 0.05) is 12.6 Å². The van der Waals surface area contributed by atoms with Gasteiger partial charge in [0.1, 0.15) is 11.6 Å². The van der Waals surface area contributed by atoms with E-state index in [0.29, 0.717) is 13.0 Å². The molecule has 1 saturated heterocycles. The molecule has 98 valence electrons. The van der Waals surface area contributed by atoms with Gasteiger partial charge in [-0.1, -0.05) is 6.07 Å². The van der Waals surface area contributed by atoms with Crippen LogP contribution in [-0.4, -0.2) is 28.3 Å². The number of likely N-dealkylation sites (tertiary alicyclic amines) is 1. The number of carbonyl (C=O) groups excluding carboxylic acids is 1. The molecule has 1 aromatic rings. The Hall–Kier alpha value is -2.42. The molecule has 1 fully saturated rings. The molecule has 6 heteroatoms. The van der Waals surface area contributed by atoms with E-state index >= 15 is 0 Å². The molecule has 2 rings (SSSR count). The average molecular weight is 259 g/mol. The van der Waals surface area contributed by atoms with E-state index in [1.165, 1.54) is 17.0 Å². The predicted octanol–water partition coefficient (Wildman–Crippen LogP) is 2.03. The average Bonchev–Trinajstić information content (AvgIpc) is 2.85. The van der Waals surface area contributed by atoms with E-state index in [1.54, 1.807) is 13.0 Å². The fraction of sp³-hybridized carbons (Fsp3) is 0.385. The highest BCUT2D eigenvalue weighted by Gasteiger charge is 2.32. The standard InChI is InChI=1S/C13H13N3O3/c1-9-4-5-12(16(18)19)11(7-9)13(17)15-6-2-3-10(15)8-14/h4-5,7,10H,2-3,6H2,1H3.